The Bertz CT molecular complexity index is 2320. The van der Waals surface area contributed by atoms with Crippen LogP contribution in [0.1, 0.15) is 61.1 Å². The minimum atomic E-state index is -4.41. The number of halogens is 4. The molecule has 2 fully saturated rings. The number of nitrogens with one attached hydrogen (secondary N) is 2. The lowest BCUT2D eigenvalue weighted by atomic mass is 10.0. The van der Waals surface area contributed by atoms with Crippen LogP contribution in [0.25, 0.3) is 0 Å². The summed E-state index contributed by atoms with van der Waals surface area (Å²) in [5.41, 5.74) is 1.06. The van der Waals surface area contributed by atoms with Crippen molar-refractivity contribution in [3.63, 3.8) is 0 Å². The molecule has 4 aromatic rings. The molecule has 1 aliphatic carbocycles. The van der Waals surface area contributed by atoms with Gasteiger partial charge in [0.25, 0.3) is 11.8 Å². The molecule has 6 rings (SSSR count). The normalized spacial score (nSPS) is 16.0. The number of amides is 2. The first-order valence-corrected chi connectivity index (χ1v) is 21.3. The van der Waals surface area contributed by atoms with Gasteiger partial charge < -0.3 is 30.1 Å². The van der Waals surface area contributed by atoms with Crippen molar-refractivity contribution in [2.24, 2.45) is 5.92 Å². The van der Waals surface area contributed by atoms with Crippen LogP contribution >= 0.6 is 35.0 Å². The van der Waals surface area contributed by atoms with Crippen LogP contribution in [0, 0.1) is 11.1 Å². The highest BCUT2D eigenvalue weighted by molar-refractivity contribution is 8.02. The van der Waals surface area contributed by atoms with Gasteiger partial charge >= 0.3 is 12.6 Å². The van der Waals surface area contributed by atoms with Gasteiger partial charge in [0.15, 0.2) is 29.3 Å². The van der Waals surface area contributed by atoms with Gasteiger partial charge in [0.05, 0.1) is 11.5 Å². The molecule has 14 nitrogen and oxygen atoms in total. The number of pyridine rings is 1. The van der Waals surface area contributed by atoms with Crippen molar-refractivity contribution in [3.8, 4) is 11.5 Å². The number of alkyl halides is 2. The number of sulfonamides is 1. The first-order valence-electron chi connectivity index (χ1n) is 18.1. The SMILES string of the molecule is O=Cc1cccc(C(=O)NCCNC(=O)c2cccc(S(=O)(=O)N3CCS[C@H]3C(=O)O[C@@H](Cc3c(Cl)c[n+]([O-])cc3Cl)c3ccc(OC(F)F)c(OCC4CC4)c3)c2)c1. The standard InChI is InChI=1S/C39H36Cl2F2N4O10S2/c40-30-19-46(52)20-31(41)29(30)18-33(25-9-10-32(57-39(42)43)34(17-25)55-22-23-7-8-23)56-38(51)37-47(13-14-58-37)59(53,54)28-6-2-5-27(16-28)36(50)45-12-11-44-35(49)26-4-1-3-24(15-26)21-48/h1-6,9-10,15-17,19-21,23,33,37,39H,7-8,11-14,18,22H2,(H,44,49)(H,45,50)/t33-,37-/m0/s1. The molecule has 2 atom stereocenters. The fourth-order valence-corrected chi connectivity index (χ4v) is 9.68. The zero-order chi connectivity index (χ0) is 42.3. The van der Waals surface area contributed by atoms with Crippen molar-refractivity contribution in [2.45, 2.75) is 42.2 Å². The first kappa shape index (κ1) is 43.6. The van der Waals surface area contributed by atoms with Crippen molar-refractivity contribution >= 4 is 69.1 Å². The molecule has 2 amide bonds. The highest BCUT2D eigenvalue weighted by Crippen LogP contribution is 2.39. The van der Waals surface area contributed by atoms with Crippen LogP contribution in [0.2, 0.25) is 10.0 Å². The van der Waals surface area contributed by atoms with Crippen LogP contribution in [0.15, 0.2) is 84.0 Å². The topological polar surface area (TPSA) is 184 Å². The molecule has 312 valence electrons. The van der Waals surface area contributed by atoms with Crippen molar-refractivity contribution in [3.05, 3.63) is 122 Å². The average molecular weight is 894 g/mol. The quantitative estimate of drug-likeness (QED) is 0.0418. The molecule has 2 aliphatic rings. The lowest BCUT2D eigenvalue weighted by Crippen LogP contribution is -2.41. The Morgan fingerprint density at radius 1 is 0.949 bits per heavy atom. The number of ether oxygens (including phenoxy) is 3. The van der Waals surface area contributed by atoms with E-state index in [-0.39, 0.29) is 93.0 Å². The van der Waals surface area contributed by atoms with E-state index in [9.17, 15) is 41.6 Å². The maximum Gasteiger partial charge on any atom is 0.387 e. The lowest BCUT2D eigenvalue weighted by Gasteiger charge is -2.26. The Labute approximate surface area is 351 Å². The monoisotopic (exact) mass is 892 g/mol. The molecule has 0 radical (unpaired) electrons. The minimum Gasteiger partial charge on any atom is -0.619 e. The fraction of sp³-hybridized carbons (Fsp3) is 0.308. The van der Waals surface area contributed by atoms with Crippen LogP contribution in [-0.4, -0.2) is 80.8 Å². The smallest absolute Gasteiger partial charge is 0.387 e. The van der Waals surface area contributed by atoms with E-state index in [4.69, 9.17) is 32.7 Å². The van der Waals surface area contributed by atoms with Gasteiger partial charge in [-0.05, 0) is 66.8 Å². The second kappa shape index (κ2) is 19.4. The predicted molar refractivity (Wildman–Crippen MR) is 212 cm³/mol. The molecule has 2 heterocycles. The third-order valence-electron chi connectivity index (χ3n) is 9.17. The van der Waals surface area contributed by atoms with Crippen LogP contribution in [0.3, 0.4) is 0 Å². The van der Waals surface area contributed by atoms with Crippen molar-refractivity contribution < 1.29 is 55.3 Å². The van der Waals surface area contributed by atoms with Gasteiger partial charge in [-0.2, -0.15) is 17.8 Å². The Morgan fingerprint density at radius 3 is 2.25 bits per heavy atom. The summed E-state index contributed by atoms with van der Waals surface area (Å²) in [6.45, 7) is -2.96. The van der Waals surface area contributed by atoms with Crippen molar-refractivity contribution in [1.82, 2.24) is 14.9 Å². The molecule has 1 saturated carbocycles. The Balaban J connectivity index is 1.18. The Morgan fingerprint density at radius 2 is 1.61 bits per heavy atom. The minimum absolute atomic E-state index is 0.000823. The zero-order valence-corrected chi connectivity index (χ0v) is 34.0. The van der Waals surface area contributed by atoms with Crippen LogP contribution < -0.4 is 24.8 Å². The number of hydrogen-bond donors (Lipinski definition) is 2. The molecule has 1 aromatic heterocycles. The van der Waals surface area contributed by atoms with Crippen molar-refractivity contribution in [2.75, 3.05) is 32.0 Å². The summed E-state index contributed by atoms with van der Waals surface area (Å²) in [6, 6.07) is 15.3. The molecule has 0 bridgehead atoms. The summed E-state index contributed by atoms with van der Waals surface area (Å²) in [4.78, 5) is 50.2. The molecule has 1 aliphatic heterocycles. The van der Waals surface area contributed by atoms with Crippen LogP contribution in [-0.2, 0) is 26.0 Å². The highest BCUT2D eigenvalue weighted by atomic mass is 35.5. The molecular formula is C39H36Cl2F2N4O10S2. The van der Waals surface area contributed by atoms with E-state index in [0.29, 0.717) is 16.6 Å². The predicted octanol–water partition coefficient (Wildman–Crippen LogP) is 5.58. The van der Waals surface area contributed by atoms with Crippen LogP contribution in [0.4, 0.5) is 8.78 Å². The third-order valence-corrected chi connectivity index (χ3v) is 13.0. The number of carbonyl (C=O) groups excluding carboxylic acids is 4. The Kier molecular flexibility index (Phi) is 14.3. The van der Waals surface area contributed by atoms with E-state index in [0.717, 1.165) is 47.4 Å². The average Bonchev–Trinajstić information content (AvgIpc) is 3.91. The summed E-state index contributed by atoms with van der Waals surface area (Å²) >= 11 is 13.8. The van der Waals surface area contributed by atoms with E-state index < -0.39 is 45.9 Å². The van der Waals surface area contributed by atoms with E-state index in [1.54, 1.807) is 12.1 Å². The fourth-order valence-electron chi connectivity index (χ4n) is 5.99. The molecular weight excluding hydrogens is 857 g/mol. The van der Waals surface area contributed by atoms with Crippen LogP contribution in [0.5, 0.6) is 11.5 Å². The molecule has 20 heteroatoms. The summed E-state index contributed by atoms with van der Waals surface area (Å²) < 4.78 is 72.5. The number of benzene rings is 3. The maximum atomic E-state index is 14.1. The van der Waals surface area contributed by atoms with Gasteiger partial charge in [-0.1, -0.05) is 47.5 Å². The number of aromatic nitrogens is 1. The lowest BCUT2D eigenvalue weighted by molar-refractivity contribution is -0.605. The molecule has 3 aromatic carbocycles. The first-order chi connectivity index (χ1) is 28.2. The van der Waals surface area contributed by atoms with E-state index in [1.165, 1.54) is 48.5 Å². The largest absolute Gasteiger partial charge is 0.619 e. The van der Waals surface area contributed by atoms with Gasteiger partial charge in [0.1, 0.15) is 22.4 Å². The number of nitrogens with zero attached hydrogens (tertiary/aromatic N) is 2. The number of hydrogen-bond acceptors (Lipinski definition) is 11. The number of thioether (sulfide) groups is 1. The highest BCUT2D eigenvalue weighted by Gasteiger charge is 2.42. The van der Waals surface area contributed by atoms with Gasteiger partial charge in [0.2, 0.25) is 10.0 Å². The van der Waals surface area contributed by atoms with Gasteiger partial charge in [-0.25, -0.2) is 13.2 Å². The molecule has 2 N–H and O–H groups in total. The number of rotatable bonds is 18. The zero-order valence-electron chi connectivity index (χ0n) is 30.9. The van der Waals surface area contributed by atoms with Gasteiger partial charge in [0, 0.05) is 54.1 Å². The third kappa shape index (κ3) is 11.2. The number of aldehydes is 1. The van der Waals surface area contributed by atoms with Crippen molar-refractivity contribution in [1.29, 1.82) is 0 Å². The molecule has 1 saturated heterocycles. The number of carbonyl (C=O) groups is 4. The molecule has 0 unspecified atom stereocenters. The molecule has 59 heavy (non-hydrogen) atoms. The maximum absolute atomic E-state index is 14.1. The second-order valence-electron chi connectivity index (χ2n) is 13.4. The summed E-state index contributed by atoms with van der Waals surface area (Å²) in [5.74, 6) is -1.87. The summed E-state index contributed by atoms with van der Waals surface area (Å²) in [6.07, 6.45) is 3.09. The Hall–Kier alpha value is -5.01. The summed E-state index contributed by atoms with van der Waals surface area (Å²) in [5, 5.41) is 15.7. The van der Waals surface area contributed by atoms with E-state index in [2.05, 4.69) is 15.4 Å². The summed E-state index contributed by atoms with van der Waals surface area (Å²) in [7, 11) is -4.41. The van der Waals surface area contributed by atoms with Gasteiger partial charge in [-0.15, -0.1) is 11.8 Å². The number of esters is 1. The second-order valence-corrected chi connectivity index (χ2v) is 17.3. The van der Waals surface area contributed by atoms with Gasteiger partial charge in [-0.3, -0.25) is 14.4 Å². The van der Waals surface area contributed by atoms with E-state index in [1.807, 2.05) is 0 Å². The van der Waals surface area contributed by atoms with E-state index >= 15 is 0 Å². The molecule has 0 spiro atoms.